The lowest BCUT2D eigenvalue weighted by molar-refractivity contribution is -0.144. The number of nitrogens with one attached hydrogen (secondary N) is 3. The van der Waals surface area contributed by atoms with Crippen LogP contribution in [0.1, 0.15) is 6.42 Å². The maximum atomic E-state index is 12.8. The normalized spacial score (nSPS) is 23.8. The smallest absolute Gasteiger partial charge is 0.319 e. The average molecular weight is 336 g/mol. The van der Waals surface area contributed by atoms with Gasteiger partial charge in [0.15, 0.2) is 0 Å². The highest BCUT2D eigenvalue weighted by Crippen LogP contribution is 2.13. The Kier molecular flexibility index (Phi) is 5.27. The number of morpholine rings is 1. The van der Waals surface area contributed by atoms with E-state index < -0.39 is 6.10 Å². The van der Waals surface area contributed by atoms with E-state index in [0.29, 0.717) is 38.3 Å². The van der Waals surface area contributed by atoms with E-state index in [1.165, 1.54) is 24.3 Å². The highest BCUT2D eigenvalue weighted by Gasteiger charge is 2.32. The molecule has 2 heterocycles. The highest BCUT2D eigenvalue weighted by molar-refractivity contribution is 5.89. The summed E-state index contributed by atoms with van der Waals surface area (Å²) in [6, 6.07) is 5.08. The molecule has 2 atom stereocenters. The summed E-state index contributed by atoms with van der Waals surface area (Å²) in [4.78, 5) is 26.1. The van der Waals surface area contributed by atoms with Crippen LogP contribution in [0.4, 0.5) is 14.9 Å². The second-order valence-electron chi connectivity index (χ2n) is 5.94. The van der Waals surface area contributed by atoms with Gasteiger partial charge < -0.3 is 25.6 Å². The molecule has 2 fully saturated rings. The number of carbonyl (C=O) groups excluding carboxylic acids is 2. The number of anilines is 1. The minimum atomic E-state index is -0.439. The Morgan fingerprint density at radius 1 is 1.29 bits per heavy atom. The number of benzene rings is 1. The third-order valence-corrected chi connectivity index (χ3v) is 4.14. The number of likely N-dealkylation sites (tertiary alicyclic amines) is 1. The van der Waals surface area contributed by atoms with Gasteiger partial charge in [-0.2, -0.15) is 0 Å². The van der Waals surface area contributed by atoms with Crippen LogP contribution in [0.2, 0.25) is 0 Å². The minimum absolute atomic E-state index is 0.0366. The fourth-order valence-corrected chi connectivity index (χ4v) is 2.89. The molecule has 3 rings (SSSR count). The molecule has 0 aromatic heterocycles. The second kappa shape index (κ2) is 7.59. The lowest BCUT2D eigenvalue weighted by Crippen LogP contribution is -2.49. The Hall–Kier alpha value is -2.19. The molecule has 1 aromatic carbocycles. The van der Waals surface area contributed by atoms with Crippen LogP contribution < -0.4 is 16.0 Å². The molecule has 3 N–H and O–H groups in total. The maximum absolute atomic E-state index is 12.8. The van der Waals surface area contributed by atoms with Gasteiger partial charge in [-0.3, -0.25) is 4.79 Å². The Labute approximate surface area is 139 Å². The summed E-state index contributed by atoms with van der Waals surface area (Å²) in [5.74, 6) is -0.393. The molecule has 2 unspecified atom stereocenters. The van der Waals surface area contributed by atoms with Gasteiger partial charge in [0.2, 0.25) is 0 Å². The molecule has 0 saturated carbocycles. The van der Waals surface area contributed by atoms with Crippen molar-refractivity contribution in [3.05, 3.63) is 30.1 Å². The molecule has 2 aliphatic rings. The van der Waals surface area contributed by atoms with E-state index in [1.807, 2.05) is 0 Å². The molecule has 0 radical (unpaired) electrons. The van der Waals surface area contributed by atoms with Crippen LogP contribution >= 0.6 is 0 Å². The first-order chi connectivity index (χ1) is 11.6. The number of hydrogen-bond acceptors (Lipinski definition) is 4. The average Bonchev–Trinajstić information content (AvgIpc) is 3.05. The van der Waals surface area contributed by atoms with E-state index in [0.717, 1.165) is 6.54 Å². The highest BCUT2D eigenvalue weighted by atomic mass is 19.1. The molecule has 0 aliphatic carbocycles. The van der Waals surface area contributed by atoms with Crippen LogP contribution in [0.5, 0.6) is 0 Å². The number of hydrogen-bond donors (Lipinski definition) is 3. The first-order valence-electron chi connectivity index (χ1n) is 8.06. The van der Waals surface area contributed by atoms with E-state index in [2.05, 4.69) is 16.0 Å². The summed E-state index contributed by atoms with van der Waals surface area (Å²) in [7, 11) is 0. The number of ether oxygens (including phenoxy) is 1. The van der Waals surface area contributed by atoms with Gasteiger partial charge in [-0.1, -0.05) is 0 Å². The Morgan fingerprint density at radius 3 is 2.79 bits per heavy atom. The van der Waals surface area contributed by atoms with Gasteiger partial charge in [0, 0.05) is 37.9 Å². The van der Waals surface area contributed by atoms with Crippen molar-refractivity contribution in [3.8, 4) is 0 Å². The minimum Gasteiger partial charge on any atom is -0.366 e. The molecule has 7 nitrogen and oxygen atoms in total. The fourth-order valence-electron chi connectivity index (χ4n) is 2.89. The van der Waals surface area contributed by atoms with Crippen LogP contribution in [0, 0.1) is 5.82 Å². The summed E-state index contributed by atoms with van der Waals surface area (Å²) in [5.41, 5.74) is 0.515. The first kappa shape index (κ1) is 16.7. The van der Waals surface area contributed by atoms with E-state index in [-0.39, 0.29) is 23.8 Å². The van der Waals surface area contributed by atoms with Gasteiger partial charge in [-0.05, 0) is 30.7 Å². The predicted octanol–water partition coefficient (Wildman–Crippen LogP) is 0.536. The standard InChI is InChI=1S/C16H21FN4O3/c17-11-1-3-12(4-2-11)19-16(23)20-13-5-7-21(10-13)15(22)14-9-18-6-8-24-14/h1-4,13-14,18H,5-10H2,(H2,19,20,23). The van der Waals surface area contributed by atoms with E-state index in [9.17, 15) is 14.0 Å². The molecular weight excluding hydrogens is 315 g/mol. The molecule has 8 heteroatoms. The summed E-state index contributed by atoms with van der Waals surface area (Å²) in [5, 5.41) is 8.62. The monoisotopic (exact) mass is 336 g/mol. The van der Waals surface area contributed by atoms with Crippen LogP contribution in [-0.2, 0) is 9.53 Å². The Bertz CT molecular complexity index is 589. The number of nitrogens with zero attached hydrogens (tertiary/aromatic N) is 1. The zero-order valence-electron chi connectivity index (χ0n) is 13.3. The molecule has 2 aliphatic heterocycles. The molecule has 0 bridgehead atoms. The number of halogens is 1. The topological polar surface area (TPSA) is 82.7 Å². The lowest BCUT2D eigenvalue weighted by Gasteiger charge is -2.27. The second-order valence-corrected chi connectivity index (χ2v) is 5.94. The van der Waals surface area contributed by atoms with Crippen LogP contribution in [0.25, 0.3) is 0 Å². The maximum Gasteiger partial charge on any atom is 0.319 e. The van der Waals surface area contributed by atoms with Crippen molar-refractivity contribution in [2.75, 3.05) is 38.1 Å². The lowest BCUT2D eigenvalue weighted by atomic mass is 10.2. The summed E-state index contributed by atoms with van der Waals surface area (Å²) in [6.45, 7) is 2.89. The number of carbonyl (C=O) groups is 2. The Balaban J connectivity index is 1.46. The van der Waals surface area contributed by atoms with E-state index >= 15 is 0 Å². The molecule has 0 spiro atoms. The van der Waals surface area contributed by atoms with Gasteiger partial charge >= 0.3 is 6.03 Å². The van der Waals surface area contributed by atoms with Crippen molar-refractivity contribution in [2.45, 2.75) is 18.6 Å². The molecule has 2 saturated heterocycles. The fraction of sp³-hybridized carbons (Fsp3) is 0.500. The molecule has 130 valence electrons. The number of amides is 3. The van der Waals surface area contributed by atoms with Gasteiger partial charge in [-0.25, -0.2) is 9.18 Å². The van der Waals surface area contributed by atoms with Gasteiger partial charge in [0.25, 0.3) is 5.91 Å². The zero-order chi connectivity index (χ0) is 16.9. The van der Waals surface area contributed by atoms with Crippen molar-refractivity contribution in [2.24, 2.45) is 0 Å². The van der Waals surface area contributed by atoms with Gasteiger partial charge in [0.05, 0.1) is 6.61 Å². The SMILES string of the molecule is O=C(Nc1ccc(F)cc1)NC1CCN(C(=O)C2CNCCO2)C1. The van der Waals surface area contributed by atoms with Gasteiger partial charge in [-0.15, -0.1) is 0 Å². The van der Waals surface area contributed by atoms with Crippen LogP contribution in [-0.4, -0.2) is 61.8 Å². The van der Waals surface area contributed by atoms with Crippen molar-refractivity contribution < 1.29 is 18.7 Å². The van der Waals surface area contributed by atoms with Gasteiger partial charge in [0.1, 0.15) is 11.9 Å². The van der Waals surface area contributed by atoms with Crippen molar-refractivity contribution in [1.29, 1.82) is 0 Å². The molecule has 24 heavy (non-hydrogen) atoms. The third kappa shape index (κ3) is 4.21. The molecule has 3 amide bonds. The summed E-state index contributed by atoms with van der Waals surface area (Å²) < 4.78 is 18.3. The molecule has 1 aromatic rings. The largest absolute Gasteiger partial charge is 0.366 e. The summed E-state index contributed by atoms with van der Waals surface area (Å²) >= 11 is 0. The van der Waals surface area contributed by atoms with E-state index in [1.54, 1.807) is 4.90 Å². The predicted molar refractivity (Wildman–Crippen MR) is 86.1 cm³/mol. The quantitative estimate of drug-likeness (QED) is 0.752. The van der Waals surface area contributed by atoms with Crippen LogP contribution in [0.3, 0.4) is 0 Å². The number of rotatable bonds is 3. The Morgan fingerprint density at radius 2 is 2.08 bits per heavy atom. The summed E-state index contributed by atoms with van der Waals surface area (Å²) in [6.07, 6.45) is 0.258. The first-order valence-corrected chi connectivity index (χ1v) is 8.06. The zero-order valence-corrected chi connectivity index (χ0v) is 13.3. The van der Waals surface area contributed by atoms with Crippen LogP contribution in [0.15, 0.2) is 24.3 Å². The van der Waals surface area contributed by atoms with Crippen molar-refractivity contribution in [3.63, 3.8) is 0 Å². The van der Waals surface area contributed by atoms with Crippen molar-refractivity contribution >= 4 is 17.6 Å². The third-order valence-electron chi connectivity index (χ3n) is 4.14. The van der Waals surface area contributed by atoms with Crippen molar-refractivity contribution in [1.82, 2.24) is 15.5 Å². The molecular formula is C16H21FN4O3. The number of urea groups is 1. The van der Waals surface area contributed by atoms with E-state index in [4.69, 9.17) is 4.74 Å².